The van der Waals surface area contributed by atoms with E-state index in [9.17, 15) is 24.0 Å². The molecule has 1 aliphatic rings. The molecule has 0 spiro atoms. The molecular weight excluding hydrogens is 630 g/mol. The molecule has 0 aliphatic carbocycles. The van der Waals surface area contributed by atoms with Crippen molar-refractivity contribution in [2.75, 3.05) is 6.61 Å². The third-order valence-electron chi connectivity index (χ3n) is 7.59. The van der Waals surface area contributed by atoms with Crippen LogP contribution in [-0.2, 0) is 47.7 Å². The second-order valence-electron chi connectivity index (χ2n) is 16.7. The van der Waals surface area contributed by atoms with Gasteiger partial charge in [-0.2, -0.15) is 0 Å². The Morgan fingerprint density at radius 2 is 1.24 bits per heavy atom. The molecule has 1 heterocycles. The number of hydrogen-bond acceptors (Lipinski definition) is 11. The molecule has 0 unspecified atom stereocenters. The predicted molar refractivity (Wildman–Crippen MR) is 184 cm³/mol. The van der Waals surface area contributed by atoms with Crippen molar-refractivity contribution in [1.82, 2.24) is 5.32 Å². The van der Waals surface area contributed by atoms with Crippen LogP contribution in [0.4, 0.5) is 0 Å². The number of nitrogens with one attached hydrogen (secondary N) is 1. The number of hydrogen-bond donors (Lipinski definition) is 1. The molecule has 1 aromatic carbocycles. The van der Waals surface area contributed by atoms with Crippen molar-refractivity contribution in [3.8, 4) is 0 Å². The molecule has 1 aromatic rings. The van der Waals surface area contributed by atoms with Crippen molar-refractivity contribution in [1.29, 1.82) is 0 Å². The average Bonchev–Trinajstić information content (AvgIpc) is 2.95. The summed E-state index contributed by atoms with van der Waals surface area (Å²) < 4.78 is 30.6. The Morgan fingerprint density at radius 3 is 1.71 bits per heavy atom. The van der Waals surface area contributed by atoms with E-state index in [0.717, 1.165) is 11.1 Å². The fraction of sp³-hybridized carbons (Fsp3) is 0.658. The summed E-state index contributed by atoms with van der Waals surface area (Å²) in [5.41, 5.74) is -1.95. The van der Waals surface area contributed by atoms with E-state index in [1.807, 2.05) is 31.2 Å². The highest BCUT2D eigenvalue weighted by Gasteiger charge is 2.55. The number of allylic oxidation sites excluding steroid dienone is 1. The number of aryl methyl sites for hydroxylation is 1. The summed E-state index contributed by atoms with van der Waals surface area (Å²) >= 11 is 0. The van der Waals surface area contributed by atoms with Crippen LogP contribution in [0.3, 0.4) is 0 Å². The van der Waals surface area contributed by atoms with Gasteiger partial charge in [-0.25, -0.2) is 0 Å². The summed E-state index contributed by atoms with van der Waals surface area (Å²) in [7, 11) is 0. The van der Waals surface area contributed by atoms with Gasteiger partial charge in [-0.1, -0.05) is 35.9 Å². The molecule has 1 fully saturated rings. The van der Waals surface area contributed by atoms with E-state index in [1.54, 1.807) is 89.2 Å². The fourth-order valence-corrected chi connectivity index (χ4v) is 4.52. The summed E-state index contributed by atoms with van der Waals surface area (Å²) in [6.07, 6.45) is -2.27. The zero-order valence-electron chi connectivity index (χ0n) is 31.5. The molecule has 0 bridgehead atoms. The van der Waals surface area contributed by atoms with E-state index in [0.29, 0.717) is 12.7 Å². The first-order chi connectivity index (χ1) is 22.4. The first-order valence-corrected chi connectivity index (χ1v) is 16.7. The van der Waals surface area contributed by atoms with E-state index in [4.69, 9.17) is 23.7 Å². The molecule has 274 valence electrons. The maximum absolute atomic E-state index is 13.6. The first-order valence-electron chi connectivity index (χ1n) is 16.7. The molecule has 11 nitrogen and oxygen atoms in total. The second-order valence-corrected chi connectivity index (χ2v) is 16.7. The Kier molecular flexibility index (Phi) is 13.9. The minimum Gasteiger partial charge on any atom is -0.462 e. The lowest BCUT2D eigenvalue weighted by Gasteiger charge is -2.47. The highest BCUT2D eigenvalue weighted by atomic mass is 16.7. The van der Waals surface area contributed by atoms with Gasteiger partial charge in [0, 0.05) is 6.04 Å². The number of benzene rings is 1. The molecular formula is C38H57NO10. The van der Waals surface area contributed by atoms with Crippen LogP contribution in [0.1, 0.15) is 107 Å². The summed E-state index contributed by atoms with van der Waals surface area (Å²) in [5, 5.41) is 3.42. The Labute approximate surface area is 291 Å². The molecule has 11 heteroatoms. The van der Waals surface area contributed by atoms with Gasteiger partial charge in [0.05, 0.1) is 21.7 Å². The molecule has 49 heavy (non-hydrogen) atoms. The number of carbonyl (C=O) groups is 5. The topological polar surface area (TPSA) is 144 Å². The zero-order valence-corrected chi connectivity index (χ0v) is 31.5. The molecule has 6 atom stereocenters. The third kappa shape index (κ3) is 12.4. The Hall–Kier alpha value is -3.57. The Morgan fingerprint density at radius 1 is 0.755 bits per heavy atom. The quantitative estimate of drug-likeness (QED) is 0.127. The molecule has 0 amide bonds. The lowest BCUT2D eigenvalue weighted by Crippen LogP contribution is -2.66. The average molecular weight is 688 g/mol. The van der Waals surface area contributed by atoms with Gasteiger partial charge >= 0.3 is 23.9 Å². The zero-order chi connectivity index (χ0) is 37.5. The number of aldehydes is 1. The van der Waals surface area contributed by atoms with Gasteiger partial charge in [0.1, 0.15) is 19.0 Å². The Bertz CT molecular complexity index is 1360. The van der Waals surface area contributed by atoms with Crippen LogP contribution in [0.2, 0.25) is 0 Å². The van der Waals surface area contributed by atoms with Crippen LogP contribution in [0.5, 0.6) is 0 Å². The smallest absolute Gasteiger partial charge is 0.311 e. The van der Waals surface area contributed by atoms with Gasteiger partial charge in [-0.3, -0.25) is 29.3 Å². The molecule has 0 radical (unpaired) electrons. The number of carbonyl (C=O) groups excluding carboxylic acids is 5. The summed E-state index contributed by atoms with van der Waals surface area (Å²) in [5.74, 6) is -2.41. The van der Waals surface area contributed by atoms with Crippen molar-refractivity contribution in [3.63, 3.8) is 0 Å². The minimum absolute atomic E-state index is 0.334. The molecule has 0 saturated carbocycles. The number of rotatable bonds is 11. The summed E-state index contributed by atoms with van der Waals surface area (Å²) in [6, 6.07) is 7.24. The van der Waals surface area contributed by atoms with Crippen molar-refractivity contribution in [3.05, 3.63) is 47.5 Å². The first kappa shape index (κ1) is 41.6. The molecule has 2 rings (SSSR count). The highest BCUT2D eigenvalue weighted by Crippen LogP contribution is 2.35. The van der Waals surface area contributed by atoms with E-state index >= 15 is 0 Å². The molecule has 0 aromatic heterocycles. The van der Waals surface area contributed by atoms with E-state index in [-0.39, 0.29) is 6.61 Å². The largest absolute Gasteiger partial charge is 0.462 e. The van der Waals surface area contributed by atoms with Gasteiger partial charge in [-0.15, -0.1) is 0 Å². The van der Waals surface area contributed by atoms with Gasteiger partial charge < -0.3 is 23.7 Å². The highest BCUT2D eigenvalue weighted by molar-refractivity contribution is 5.78. The monoisotopic (exact) mass is 687 g/mol. The van der Waals surface area contributed by atoms with Gasteiger partial charge in [0.25, 0.3) is 0 Å². The van der Waals surface area contributed by atoms with Crippen LogP contribution < -0.4 is 5.32 Å². The minimum atomic E-state index is -1.38. The summed E-state index contributed by atoms with van der Waals surface area (Å²) in [6.45, 7) is 21.8. The number of ether oxygens (including phenoxy) is 5. The fourth-order valence-electron chi connectivity index (χ4n) is 4.52. The van der Waals surface area contributed by atoms with Crippen molar-refractivity contribution >= 4 is 30.2 Å². The summed E-state index contributed by atoms with van der Waals surface area (Å²) in [4.78, 5) is 64.6. The second kappa shape index (κ2) is 16.4. The number of esters is 4. The van der Waals surface area contributed by atoms with Crippen LogP contribution in [0, 0.1) is 28.6 Å². The van der Waals surface area contributed by atoms with Crippen LogP contribution in [-0.4, -0.2) is 67.4 Å². The third-order valence-corrected chi connectivity index (χ3v) is 7.59. The van der Waals surface area contributed by atoms with Crippen LogP contribution >= 0.6 is 0 Å². The van der Waals surface area contributed by atoms with E-state index in [2.05, 4.69) is 5.32 Å². The van der Waals surface area contributed by atoms with E-state index in [1.165, 1.54) is 6.08 Å². The maximum Gasteiger partial charge on any atom is 0.311 e. The van der Waals surface area contributed by atoms with Crippen molar-refractivity contribution in [2.24, 2.45) is 21.7 Å². The molecule has 1 saturated heterocycles. The predicted octanol–water partition coefficient (Wildman–Crippen LogP) is 5.96. The lowest BCUT2D eigenvalue weighted by atomic mass is 9.92. The van der Waals surface area contributed by atoms with Gasteiger partial charge in [0.15, 0.2) is 24.5 Å². The normalized spacial score (nSPS) is 22.6. The maximum atomic E-state index is 13.6. The lowest BCUT2D eigenvalue weighted by molar-refractivity contribution is -0.266. The van der Waals surface area contributed by atoms with Gasteiger partial charge in [-0.05, 0) is 108 Å². The van der Waals surface area contributed by atoms with Crippen LogP contribution in [0.25, 0.3) is 0 Å². The van der Waals surface area contributed by atoms with Crippen molar-refractivity contribution in [2.45, 2.75) is 133 Å². The van der Waals surface area contributed by atoms with Crippen molar-refractivity contribution < 1.29 is 47.7 Å². The van der Waals surface area contributed by atoms with E-state index < -0.39 is 82.2 Å². The molecule has 1 N–H and O–H groups in total. The standard InChI is InChI=1S/C38H57NO10/c1-23-17-16-18-24(21-23)25(19-14-15-20-40)39-30-29(49-34(44)38(11,12)13)28(48-33(43)37(8,9)10)27(47-32(42)36(5,6)7)26(46-30)22-45-31(41)35(2,3)4/h14-18,20-21,25-30,39H,19,22H2,1-13H3/b15-14+/t25-,26+,27-,28-,29+,30+/m0/s1. The van der Waals surface area contributed by atoms with Crippen LogP contribution in [0.15, 0.2) is 36.4 Å². The van der Waals surface area contributed by atoms with Gasteiger partial charge in [0.2, 0.25) is 0 Å². The Balaban J connectivity index is 2.81. The SMILES string of the molecule is Cc1cccc([C@H](C/C=C/C=O)N[C@@H]2O[C@H](COC(=O)C(C)(C)C)[C@H](OC(=O)C(C)(C)C)[C@H](OC(=O)C(C)(C)C)[C@H]2OC(=O)C(C)(C)C)c1. The molecule has 1 aliphatic heterocycles.